The molecule has 2 aliphatic rings. The fraction of sp³-hybridized carbons (Fsp3) is 0.739. The summed E-state index contributed by atoms with van der Waals surface area (Å²) in [5.74, 6) is 1.92. The van der Waals surface area contributed by atoms with Gasteiger partial charge in [-0.15, -0.1) is 0 Å². The quantitative estimate of drug-likeness (QED) is 0.386. The second-order valence-corrected chi connectivity index (χ2v) is 8.38. The van der Waals surface area contributed by atoms with Gasteiger partial charge in [0.2, 0.25) is 0 Å². The van der Waals surface area contributed by atoms with Gasteiger partial charge in [0.15, 0.2) is 5.96 Å². The second kappa shape index (κ2) is 12.7. The van der Waals surface area contributed by atoms with Crippen molar-refractivity contribution >= 4 is 11.8 Å². The molecule has 2 aliphatic heterocycles. The van der Waals surface area contributed by atoms with E-state index in [1.807, 2.05) is 6.20 Å². The van der Waals surface area contributed by atoms with Crippen molar-refractivity contribution in [1.82, 2.24) is 20.5 Å². The minimum absolute atomic E-state index is 0.251. The summed E-state index contributed by atoms with van der Waals surface area (Å²) in [6, 6.07) is 4.21. The van der Waals surface area contributed by atoms with Gasteiger partial charge in [0, 0.05) is 32.4 Å². The molecule has 0 saturated carbocycles. The van der Waals surface area contributed by atoms with Crippen molar-refractivity contribution in [3.63, 3.8) is 0 Å². The van der Waals surface area contributed by atoms with Gasteiger partial charge in [-0.1, -0.05) is 12.8 Å². The largest absolute Gasteiger partial charge is 0.375 e. The van der Waals surface area contributed by atoms with Gasteiger partial charge in [-0.25, -0.2) is 9.98 Å². The van der Waals surface area contributed by atoms with Gasteiger partial charge in [0.25, 0.3) is 0 Å². The Morgan fingerprint density at radius 3 is 2.80 bits per heavy atom. The Balaban J connectivity index is 1.47. The maximum atomic E-state index is 5.65. The first-order valence-corrected chi connectivity index (χ1v) is 11.8. The van der Waals surface area contributed by atoms with E-state index in [1.165, 1.54) is 50.9 Å². The fourth-order valence-corrected chi connectivity index (χ4v) is 4.14. The molecule has 3 heterocycles. The highest BCUT2D eigenvalue weighted by atomic mass is 16.5. The third kappa shape index (κ3) is 7.76. The summed E-state index contributed by atoms with van der Waals surface area (Å²) in [6.45, 7) is 12.9. The van der Waals surface area contributed by atoms with Crippen LogP contribution < -0.4 is 15.5 Å². The lowest BCUT2D eigenvalue weighted by molar-refractivity contribution is 0.0529. The van der Waals surface area contributed by atoms with Crippen LogP contribution in [0.15, 0.2) is 23.3 Å². The van der Waals surface area contributed by atoms with E-state index in [0.717, 1.165) is 51.0 Å². The summed E-state index contributed by atoms with van der Waals surface area (Å²) < 4.78 is 5.65. The van der Waals surface area contributed by atoms with Crippen LogP contribution in [0.4, 0.5) is 5.82 Å². The monoisotopic (exact) mass is 416 g/mol. The molecule has 0 bridgehead atoms. The number of pyridine rings is 1. The number of nitrogens with one attached hydrogen (secondary N) is 2. The van der Waals surface area contributed by atoms with Gasteiger partial charge >= 0.3 is 0 Å². The van der Waals surface area contributed by atoms with Crippen LogP contribution in [0.5, 0.6) is 0 Å². The molecule has 0 aliphatic carbocycles. The van der Waals surface area contributed by atoms with E-state index >= 15 is 0 Å². The number of morpholine rings is 1. The van der Waals surface area contributed by atoms with Crippen LogP contribution in [-0.2, 0) is 11.3 Å². The molecule has 2 saturated heterocycles. The number of aromatic nitrogens is 1. The minimum atomic E-state index is 0.251. The standard InChI is InChI=1S/C23H40N6O/c1-3-24-23(26-10-8-14-28-12-6-4-5-7-13-28)27-18-21-9-11-25-22(17-21)29-15-16-30-20(2)19-29/h9,11,17,20H,3-8,10,12-16,18-19H2,1-2H3,(H2,24,26,27). The third-order valence-electron chi connectivity index (χ3n) is 5.78. The van der Waals surface area contributed by atoms with Crippen molar-refractivity contribution in [2.45, 2.75) is 58.6 Å². The Kier molecular flexibility index (Phi) is 9.70. The van der Waals surface area contributed by atoms with Crippen LogP contribution in [-0.4, -0.2) is 74.4 Å². The lowest BCUT2D eigenvalue weighted by Gasteiger charge is -2.32. The van der Waals surface area contributed by atoms with E-state index in [2.05, 4.69) is 51.4 Å². The Morgan fingerprint density at radius 2 is 2.03 bits per heavy atom. The Labute approximate surface area is 182 Å². The first kappa shape index (κ1) is 22.8. The summed E-state index contributed by atoms with van der Waals surface area (Å²) in [6.07, 6.45) is 8.80. The lowest BCUT2D eigenvalue weighted by Crippen LogP contribution is -2.41. The molecule has 2 fully saturated rings. The van der Waals surface area contributed by atoms with E-state index in [1.54, 1.807) is 0 Å². The first-order valence-electron chi connectivity index (χ1n) is 11.8. The van der Waals surface area contributed by atoms with Crippen LogP contribution in [0.25, 0.3) is 0 Å². The van der Waals surface area contributed by atoms with E-state index in [0.29, 0.717) is 6.54 Å². The van der Waals surface area contributed by atoms with Crippen molar-refractivity contribution in [2.75, 3.05) is 57.3 Å². The maximum absolute atomic E-state index is 5.65. The predicted octanol–water partition coefficient (Wildman–Crippen LogP) is 2.63. The molecule has 1 aromatic rings. The number of hydrogen-bond acceptors (Lipinski definition) is 5. The molecule has 168 valence electrons. The summed E-state index contributed by atoms with van der Waals surface area (Å²) in [7, 11) is 0. The van der Waals surface area contributed by atoms with Crippen LogP contribution in [0, 0.1) is 0 Å². The zero-order valence-electron chi connectivity index (χ0n) is 18.9. The molecule has 7 heteroatoms. The number of rotatable bonds is 8. The van der Waals surface area contributed by atoms with Gasteiger partial charge < -0.3 is 25.2 Å². The summed E-state index contributed by atoms with van der Waals surface area (Å²) in [5, 5.41) is 6.87. The molecule has 1 aromatic heterocycles. The Morgan fingerprint density at radius 1 is 1.20 bits per heavy atom. The predicted molar refractivity (Wildman–Crippen MR) is 124 cm³/mol. The average Bonchev–Trinajstić information content (AvgIpc) is 3.04. The number of guanidine groups is 1. The van der Waals surface area contributed by atoms with Gasteiger partial charge in [-0.2, -0.15) is 0 Å². The minimum Gasteiger partial charge on any atom is -0.375 e. The molecule has 0 spiro atoms. The zero-order valence-corrected chi connectivity index (χ0v) is 18.9. The second-order valence-electron chi connectivity index (χ2n) is 8.38. The van der Waals surface area contributed by atoms with E-state index in [4.69, 9.17) is 9.73 Å². The lowest BCUT2D eigenvalue weighted by atomic mass is 10.2. The number of likely N-dealkylation sites (tertiary alicyclic amines) is 1. The van der Waals surface area contributed by atoms with Crippen LogP contribution in [0.3, 0.4) is 0 Å². The van der Waals surface area contributed by atoms with Crippen molar-refractivity contribution in [3.8, 4) is 0 Å². The van der Waals surface area contributed by atoms with E-state index < -0.39 is 0 Å². The topological polar surface area (TPSA) is 65.0 Å². The third-order valence-corrected chi connectivity index (χ3v) is 5.78. The molecule has 7 nitrogen and oxygen atoms in total. The molecule has 0 radical (unpaired) electrons. The first-order chi connectivity index (χ1) is 14.7. The molecule has 0 amide bonds. The molecular formula is C23H40N6O. The van der Waals surface area contributed by atoms with Crippen molar-refractivity contribution < 1.29 is 4.74 Å². The molecule has 30 heavy (non-hydrogen) atoms. The number of hydrogen-bond donors (Lipinski definition) is 2. The highest BCUT2D eigenvalue weighted by Crippen LogP contribution is 2.17. The summed E-state index contributed by atoms with van der Waals surface area (Å²) in [5.41, 5.74) is 1.18. The van der Waals surface area contributed by atoms with Crippen molar-refractivity contribution in [3.05, 3.63) is 23.9 Å². The van der Waals surface area contributed by atoms with Crippen molar-refractivity contribution in [2.24, 2.45) is 4.99 Å². The van der Waals surface area contributed by atoms with Crippen LogP contribution in [0.1, 0.15) is 51.5 Å². The smallest absolute Gasteiger partial charge is 0.191 e. The highest BCUT2D eigenvalue weighted by molar-refractivity contribution is 5.79. The molecule has 1 atom stereocenters. The number of anilines is 1. The normalized spacial score (nSPS) is 21.3. The van der Waals surface area contributed by atoms with E-state index in [-0.39, 0.29) is 6.10 Å². The number of aliphatic imine (C=N–C) groups is 1. The Hall–Kier alpha value is -1.86. The van der Waals surface area contributed by atoms with Gasteiger partial charge in [-0.05, 0) is 70.4 Å². The summed E-state index contributed by atoms with van der Waals surface area (Å²) >= 11 is 0. The molecule has 0 aromatic carbocycles. The fourth-order valence-electron chi connectivity index (χ4n) is 4.14. The highest BCUT2D eigenvalue weighted by Gasteiger charge is 2.18. The number of ether oxygens (including phenoxy) is 1. The maximum Gasteiger partial charge on any atom is 0.191 e. The average molecular weight is 417 g/mol. The Bertz CT molecular complexity index is 644. The molecule has 1 unspecified atom stereocenters. The van der Waals surface area contributed by atoms with Gasteiger partial charge in [-0.3, -0.25) is 0 Å². The summed E-state index contributed by atoms with van der Waals surface area (Å²) in [4.78, 5) is 14.3. The number of nitrogens with zero attached hydrogens (tertiary/aromatic N) is 4. The van der Waals surface area contributed by atoms with Crippen molar-refractivity contribution in [1.29, 1.82) is 0 Å². The van der Waals surface area contributed by atoms with Gasteiger partial charge in [0.05, 0.1) is 19.3 Å². The molecular weight excluding hydrogens is 376 g/mol. The SMILES string of the molecule is CCNC(=NCc1ccnc(N2CCOC(C)C2)c1)NCCCN1CCCCCC1. The van der Waals surface area contributed by atoms with E-state index in [9.17, 15) is 0 Å². The molecule has 2 N–H and O–H groups in total. The zero-order chi connectivity index (χ0) is 21.0. The van der Waals surface area contributed by atoms with Crippen LogP contribution >= 0.6 is 0 Å². The van der Waals surface area contributed by atoms with Crippen LogP contribution in [0.2, 0.25) is 0 Å². The van der Waals surface area contributed by atoms with Gasteiger partial charge in [0.1, 0.15) is 5.82 Å². The molecule has 3 rings (SSSR count).